The Morgan fingerprint density at radius 1 is 1.37 bits per heavy atom. The van der Waals surface area contributed by atoms with Crippen LogP contribution in [-0.2, 0) is 0 Å². The smallest absolute Gasteiger partial charge is 0.0496 e. The van der Waals surface area contributed by atoms with Gasteiger partial charge in [-0.15, -0.1) is 0 Å². The summed E-state index contributed by atoms with van der Waals surface area (Å²) in [5, 5.41) is 0. The monoisotopic (exact) mass is 260 g/mol. The fourth-order valence-corrected chi connectivity index (χ4v) is 2.96. The molecule has 1 aromatic rings. The molecule has 106 valence electrons. The lowest BCUT2D eigenvalue weighted by molar-refractivity contribution is 0.169. The second-order valence-corrected chi connectivity index (χ2v) is 6.16. The quantitative estimate of drug-likeness (QED) is 0.813. The molecular formula is C17H28N2. The van der Waals surface area contributed by atoms with E-state index in [1.807, 2.05) is 0 Å². The van der Waals surface area contributed by atoms with E-state index in [2.05, 4.69) is 49.9 Å². The molecule has 2 rings (SSSR count). The highest BCUT2D eigenvalue weighted by atomic mass is 15.2. The van der Waals surface area contributed by atoms with Crippen LogP contribution in [0.3, 0.4) is 0 Å². The first-order valence-electron chi connectivity index (χ1n) is 7.68. The maximum absolute atomic E-state index is 6.30. The fourth-order valence-electron chi connectivity index (χ4n) is 2.96. The number of benzene rings is 1. The predicted molar refractivity (Wildman–Crippen MR) is 82.2 cm³/mol. The molecule has 1 fully saturated rings. The Morgan fingerprint density at radius 3 is 2.63 bits per heavy atom. The summed E-state index contributed by atoms with van der Waals surface area (Å²) in [7, 11) is 0. The molecule has 1 aliphatic carbocycles. The third-order valence-corrected chi connectivity index (χ3v) is 3.98. The van der Waals surface area contributed by atoms with Crippen LogP contribution in [0.4, 0.5) is 0 Å². The molecule has 2 heteroatoms. The lowest BCUT2D eigenvalue weighted by Gasteiger charge is -2.35. The Bertz CT molecular complexity index is 396. The van der Waals surface area contributed by atoms with Gasteiger partial charge in [-0.05, 0) is 51.1 Å². The van der Waals surface area contributed by atoms with Crippen LogP contribution < -0.4 is 5.73 Å². The van der Waals surface area contributed by atoms with Crippen molar-refractivity contribution in [2.75, 3.05) is 13.1 Å². The summed E-state index contributed by atoms with van der Waals surface area (Å²) in [4.78, 5) is 2.61. The summed E-state index contributed by atoms with van der Waals surface area (Å²) in [5.41, 5.74) is 9.01. The Balaban J connectivity index is 2.20. The van der Waals surface area contributed by atoms with E-state index < -0.39 is 0 Å². The van der Waals surface area contributed by atoms with Crippen LogP contribution in [0.5, 0.6) is 0 Å². The maximum Gasteiger partial charge on any atom is 0.0496 e. The van der Waals surface area contributed by atoms with E-state index in [0.717, 1.165) is 12.5 Å². The van der Waals surface area contributed by atoms with E-state index in [4.69, 9.17) is 5.73 Å². The van der Waals surface area contributed by atoms with Gasteiger partial charge in [-0.1, -0.05) is 36.8 Å². The van der Waals surface area contributed by atoms with E-state index >= 15 is 0 Å². The van der Waals surface area contributed by atoms with E-state index in [-0.39, 0.29) is 6.04 Å². The summed E-state index contributed by atoms with van der Waals surface area (Å²) >= 11 is 0. The van der Waals surface area contributed by atoms with Crippen LogP contribution in [0.1, 0.15) is 50.3 Å². The maximum atomic E-state index is 6.30. The van der Waals surface area contributed by atoms with Gasteiger partial charge < -0.3 is 5.73 Å². The Hall–Kier alpha value is -0.860. The van der Waals surface area contributed by atoms with Crippen LogP contribution in [-0.4, -0.2) is 24.0 Å². The van der Waals surface area contributed by atoms with Crippen molar-refractivity contribution in [1.82, 2.24) is 4.90 Å². The van der Waals surface area contributed by atoms with Crippen LogP contribution in [0, 0.1) is 12.8 Å². The average Bonchev–Trinajstić information content (AvgIpc) is 3.13. The van der Waals surface area contributed by atoms with Gasteiger partial charge in [0, 0.05) is 18.6 Å². The summed E-state index contributed by atoms with van der Waals surface area (Å²) in [6.07, 6.45) is 4.00. The zero-order valence-electron chi connectivity index (χ0n) is 12.6. The van der Waals surface area contributed by atoms with Crippen LogP contribution in [0.2, 0.25) is 0 Å². The highest BCUT2D eigenvalue weighted by molar-refractivity contribution is 5.26. The predicted octanol–water partition coefficient (Wildman–Crippen LogP) is 3.51. The fraction of sp³-hybridized carbons (Fsp3) is 0.647. The Morgan fingerprint density at radius 2 is 2.11 bits per heavy atom. The van der Waals surface area contributed by atoms with Crippen molar-refractivity contribution in [1.29, 1.82) is 0 Å². The third-order valence-electron chi connectivity index (χ3n) is 3.98. The normalized spacial score (nSPS) is 18.6. The number of hydrogen-bond acceptors (Lipinski definition) is 2. The van der Waals surface area contributed by atoms with Gasteiger partial charge >= 0.3 is 0 Å². The first-order chi connectivity index (χ1) is 9.11. The SMILES string of the molecule is CCCN(CC1CC1)C(c1cccc(C)c1)C(C)N. The molecule has 0 radical (unpaired) electrons. The minimum atomic E-state index is 0.173. The molecule has 2 atom stereocenters. The first kappa shape index (κ1) is 14.5. The van der Waals surface area contributed by atoms with E-state index in [9.17, 15) is 0 Å². The number of hydrogen-bond donors (Lipinski definition) is 1. The van der Waals surface area contributed by atoms with Crippen LogP contribution >= 0.6 is 0 Å². The highest BCUT2D eigenvalue weighted by Gasteiger charge is 2.30. The van der Waals surface area contributed by atoms with Gasteiger partial charge in [0.2, 0.25) is 0 Å². The number of aryl methyl sites for hydroxylation is 1. The molecule has 1 aromatic carbocycles. The standard InChI is InChI=1S/C17H28N2/c1-4-10-19(12-15-8-9-15)17(14(3)18)16-7-5-6-13(2)11-16/h5-7,11,14-15,17H,4,8-10,12,18H2,1-3H3. The highest BCUT2D eigenvalue weighted by Crippen LogP contribution is 2.34. The van der Waals surface area contributed by atoms with Crippen molar-refractivity contribution in [3.63, 3.8) is 0 Å². The summed E-state index contributed by atoms with van der Waals surface area (Å²) in [5.74, 6) is 0.914. The summed E-state index contributed by atoms with van der Waals surface area (Å²) < 4.78 is 0. The van der Waals surface area contributed by atoms with Crippen molar-refractivity contribution >= 4 is 0 Å². The van der Waals surface area contributed by atoms with Gasteiger partial charge in [0.1, 0.15) is 0 Å². The minimum absolute atomic E-state index is 0.173. The van der Waals surface area contributed by atoms with Crippen molar-refractivity contribution in [3.8, 4) is 0 Å². The second-order valence-electron chi connectivity index (χ2n) is 6.16. The van der Waals surface area contributed by atoms with Gasteiger partial charge in [0.15, 0.2) is 0 Å². The lowest BCUT2D eigenvalue weighted by atomic mass is 9.97. The largest absolute Gasteiger partial charge is 0.326 e. The molecular weight excluding hydrogens is 232 g/mol. The second kappa shape index (κ2) is 6.53. The third kappa shape index (κ3) is 4.05. The molecule has 0 heterocycles. The van der Waals surface area contributed by atoms with E-state index in [1.165, 1.54) is 36.9 Å². The van der Waals surface area contributed by atoms with Crippen LogP contribution in [0.15, 0.2) is 24.3 Å². The van der Waals surface area contributed by atoms with Gasteiger partial charge in [0.25, 0.3) is 0 Å². The molecule has 2 nitrogen and oxygen atoms in total. The zero-order valence-corrected chi connectivity index (χ0v) is 12.6. The van der Waals surface area contributed by atoms with Gasteiger partial charge in [0.05, 0.1) is 0 Å². The summed E-state index contributed by atoms with van der Waals surface area (Å²) in [6, 6.07) is 9.38. The Labute approximate surface area is 118 Å². The molecule has 1 aliphatic rings. The number of nitrogens with two attached hydrogens (primary N) is 1. The first-order valence-corrected chi connectivity index (χ1v) is 7.68. The van der Waals surface area contributed by atoms with E-state index in [0.29, 0.717) is 6.04 Å². The lowest BCUT2D eigenvalue weighted by Crippen LogP contribution is -2.41. The molecule has 0 amide bonds. The Kier molecular flexibility index (Phi) is 5.00. The molecule has 0 bridgehead atoms. The minimum Gasteiger partial charge on any atom is -0.326 e. The zero-order chi connectivity index (χ0) is 13.8. The van der Waals surface area contributed by atoms with E-state index in [1.54, 1.807) is 0 Å². The number of nitrogens with zero attached hydrogens (tertiary/aromatic N) is 1. The topological polar surface area (TPSA) is 29.3 Å². The molecule has 0 aliphatic heterocycles. The molecule has 19 heavy (non-hydrogen) atoms. The average molecular weight is 260 g/mol. The van der Waals surface area contributed by atoms with Gasteiger partial charge in [-0.25, -0.2) is 0 Å². The molecule has 0 saturated heterocycles. The molecule has 2 N–H and O–H groups in total. The molecule has 1 saturated carbocycles. The molecule has 0 aromatic heterocycles. The van der Waals surface area contributed by atoms with Crippen molar-refractivity contribution in [3.05, 3.63) is 35.4 Å². The van der Waals surface area contributed by atoms with Crippen molar-refractivity contribution in [2.24, 2.45) is 11.7 Å². The van der Waals surface area contributed by atoms with Crippen molar-refractivity contribution in [2.45, 2.75) is 52.1 Å². The van der Waals surface area contributed by atoms with Crippen molar-refractivity contribution < 1.29 is 0 Å². The number of rotatable bonds is 7. The van der Waals surface area contributed by atoms with Gasteiger partial charge in [-0.2, -0.15) is 0 Å². The molecule has 0 spiro atoms. The summed E-state index contributed by atoms with van der Waals surface area (Å²) in [6.45, 7) is 8.92. The molecule has 2 unspecified atom stereocenters. The van der Waals surface area contributed by atoms with Gasteiger partial charge in [-0.3, -0.25) is 4.90 Å². The van der Waals surface area contributed by atoms with Crippen LogP contribution in [0.25, 0.3) is 0 Å².